The van der Waals surface area contributed by atoms with Crippen molar-refractivity contribution in [2.45, 2.75) is 6.54 Å². The van der Waals surface area contributed by atoms with Crippen molar-refractivity contribution in [3.63, 3.8) is 0 Å². The molecule has 2 aliphatic rings. The molecule has 0 spiro atoms. The highest BCUT2D eigenvalue weighted by Gasteiger charge is 2.41. The van der Waals surface area contributed by atoms with Gasteiger partial charge in [-0.25, -0.2) is 0 Å². The van der Waals surface area contributed by atoms with Gasteiger partial charge in [0.2, 0.25) is 0 Å². The number of hydrogen-bond acceptors (Lipinski definition) is 6. The van der Waals surface area contributed by atoms with Gasteiger partial charge >= 0.3 is 0 Å². The van der Waals surface area contributed by atoms with Gasteiger partial charge in [0.25, 0.3) is 11.8 Å². The van der Waals surface area contributed by atoms with Crippen LogP contribution < -0.4 is 10.1 Å². The highest BCUT2D eigenvalue weighted by atomic mass is 16.5. The molecule has 1 fully saturated rings. The van der Waals surface area contributed by atoms with Gasteiger partial charge in [0.05, 0.1) is 26.9 Å². The molecule has 2 aromatic rings. The molecule has 7 nitrogen and oxygen atoms in total. The van der Waals surface area contributed by atoms with Crippen LogP contribution in [0.2, 0.25) is 0 Å². The summed E-state index contributed by atoms with van der Waals surface area (Å²) in [6, 6.07) is 16.8. The number of morpholine rings is 1. The summed E-state index contributed by atoms with van der Waals surface area (Å²) >= 11 is 0. The zero-order chi connectivity index (χ0) is 20.2. The Morgan fingerprint density at radius 1 is 0.966 bits per heavy atom. The molecule has 150 valence electrons. The molecular weight excluding hydrogens is 370 g/mol. The van der Waals surface area contributed by atoms with Gasteiger partial charge < -0.3 is 19.7 Å². The van der Waals surface area contributed by atoms with Crippen LogP contribution in [0.3, 0.4) is 0 Å². The topological polar surface area (TPSA) is 71.1 Å². The molecule has 0 saturated carbocycles. The fourth-order valence-electron chi connectivity index (χ4n) is 3.48. The molecule has 2 amide bonds. The molecule has 2 heterocycles. The molecule has 7 heteroatoms. The highest BCUT2D eigenvalue weighted by Crippen LogP contribution is 2.28. The maximum absolute atomic E-state index is 13.2. The van der Waals surface area contributed by atoms with Crippen LogP contribution in [0.1, 0.15) is 5.56 Å². The minimum atomic E-state index is -0.323. The molecule has 0 aliphatic carbocycles. The summed E-state index contributed by atoms with van der Waals surface area (Å²) < 4.78 is 10.6. The molecule has 0 unspecified atom stereocenters. The van der Waals surface area contributed by atoms with Crippen LogP contribution in [0, 0.1) is 0 Å². The first-order chi connectivity index (χ1) is 14.2. The van der Waals surface area contributed by atoms with Crippen LogP contribution in [0.5, 0.6) is 5.75 Å². The number of anilines is 1. The van der Waals surface area contributed by atoms with E-state index in [2.05, 4.69) is 5.32 Å². The quantitative estimate of drug-likeness (QED) is 0.759. The van der Waals surface area contributed by atoms with Gasteiger partial charge in [-0.05, 0) is 29.8 Å². The second-order valence-electron chi connectivity index (χ2n) is 6.86. The number of hydrogen-bond donors (Lipinski definition) is 1. The third-order valence-corrected chi connectivity index (χ3v) is 5.01. The number of imide groups is 1. The second kappa shape index (κ2) is 8.36. The van der Waals surface area contributed by atoms with E-state index in [0.717, 1.165) is 17.0 Å². The van der Waals surface area contributed by atoms with Crippen LogP contribution in [0.15, 0.2) is 66.0 Å². The summed E-state index contributed by atoms with van der Waals surface area (Å²) in [6.07, 6.45) is 0. The normalized spacial score (nSPS) is 17.1. The lowest BCUT2D eigenvalue weighted by atomic mass is 10.2. The van der Waals surface area contributed by atoms with Crippen molar-refractivity contribution < 1.29 is 19.1 Å². The van der Waals surface area contributed by atoms with Crippen LogP contribution in [0.4, 0.5) is 5.69 Å². The summed E-state index contributed by atoms with van der Waals surface area (Å²) in [5.74, 6) is 0.119. The molecule has 0 bridgehead atoms. The van der Waals surface area contributed by atoms with E-state index in [9.17, 15) is 9.59 Å². The maximum Gasteiger partial charge on any atom is 0.279 e. The average molecular weight is 393 g/mol. The number of nitrogens with one attached hydrogen (secondary N) is 1. The number of benzene rings is 2. The third kappa shape index (κ3) is 3.95. The Balaban J connectivity index is 1.62. The van der Waals surface area contributed by atoms with E-state index in [4.69, 9.17) is 9.47 Å². The first-order valence-corrected chi connectivity index (χ1v) is 9.55. The van der Waals surface area contributed by atoms with E-state index in [1.807, 2.05) is 59.5 Å². The number of ether oxygens (including phenoxy) is 2. The largest absolute Gasteiger partial charge is 0.497 e. The van der Waals surface area contributed by atoms with Crippen molar-refractivity contribution in [1.82, 2.24) is 9.80 Å². The van der Waals surface area contributed by atoms with E-state index in [0.29, 0.717) is 37.7 Å². The Kier molecular flexibility index (Phi) is 5.48. The van der Waals surface area contributed by atoms with E-state index >= 15 is 0 Å². The molecule has 4 rings (SSSR count). The number of rotatable bonds is 6. The van der Waals surface area contributed by atoms with Crippen LogP contribution >= 0.6 is 0 Å². The van der Waals surface area contributed by atoms with Crippen molar-refractivity contribution >= 4 is 17.5 Å². The lowest BCUT2D eigenvalue weighted by Crippen LogP contribution is -2.40. The standard InChI is InChI=1S/C22H23N3O4/c1-28-18-9-7-16(8-10-18)15-25-21(26)19(23-17-5-3-2-4-6-17)20(22(25)27)24-11-13-29-14-12-24/h2-10,23H,11-15H2,1H3. The maximum atomic E-state index is 13.2. The zero-order valence-corrected chi connectivity index (χ0v) is 16.3. The van der Waals surface area contributed by atoms with Crippen molar-refractivity contribution in [3.8, 4) is 5.75 Å². The number of methoxy groups -OCH3 is 1. The summed E-state index contributed by atoms with van der Waals surface area (Å²) in [5.41, 5.74) is 2.35. The molecule has 0 aromatic heterocycles. The molecule has 29 heavy (non-hydrogen) atoms. The highest BCUT2D eigenvalue weighted by molar-refractivity contribution is 6.20. The van der Waals surface area contributed by atoms with Gasteiger partial charge in [0.15, 0.2) is 0 Å². The molecule has 2 aliphatic heterocycles. The van der Waals surface area contributed by atoms with Crippen molar-refractivity contribution in [1.29, 1.82) is 0 Å². The van der Waals surface area contributed by atoms with E-state index in [1.165, 1.54) is 4.90 Å². The van der Waals surface area contributed by atoms with Gasteiger partial charge in [0, 0.05) is 18.8 Å². The predicted molar refractivity (Wildman–Crippen MR) is 108 cm³/mol. The van der Waals surface area contributed by atoms with Crippen molar-refractivity contribution in [2.75, 3.05) is 38.7 Å². The first kappa shape index (κ1) is 19.0. The molecule has 1 saturated heterocycles. The molecule has 0 radical (unpaired) electrons. The second-order valence-corrected chi connectivity index (χ2v) is 6.86. The fraction of sp³-hybridized carbons (Fsp3) is 0.273. The Morgan fingerprint density at radius 2 is 1.66 bits per heavy atom. The fourth-order valence-corrected chi connectivity index (χ4v) is 3.48. The summed E-state index contributed by atoms with van der Waals surface area (Å²) in [4.78, 5) is 29.7. The number of carbonyl (C=O) groups is 2. The number of carbonyl (C=O) groups excluding carboxylic acids is 2. The van der Waals surface area contributed by atoms with E-state index in [1.54, 1.807) is 7.11 Å². The van der Waals surface area contributed by atoms with Gasteiger partial charge in [-0.1, -0.05) is 30.3 Å². The van der Waals surface area contributed by atoms with E-state index < -0.39 is 0 Å². The van der Waals surface area contributed by atoms with Crippen molar-refractivity contribution in [2.24, 2.45) is 0 Å². The van der Waals surface area contributed by atoms with Gasteiger partial charge in [0.1, 0.15) is 17.1 Å². The summed E-state index contributed by atoms with van der Waals surface area (Å²) in [6.45, 7) is 2.41. The minimum Gasteiger partial charge on any atom is -0.497 e. The van der Waals surface area contributed by atoms with Gasteiger partial charge in [-0.15, -0.1) is 0 Å². The Labute approximate surface area is 169 Å². The minimum absolute atomic E-state index is 0.204. The van der Waals surface area contributed by atoms with Crippen LogP contribution in [0.25, 0.3) is 0 Å². The summed E-state index contributed by atoms with van der Waals surface area (Å²) in [7, 11) is 1.60. The third-order valence-electron chi connectivity index (χ3n) is 5.01. The Hall–Kier alpha value is -3.32. The SMILES string of the molecule is COc1ccc(CN2C(=O)C(Nc3ccccc3)=C(N3CCOCC3)C2=O)cc1. The molecule has 2 aromatic carbocycles. The number of nitrogens with zero attached hydrogens (tertiary/aromatic N) is 2. The molecular formula is C22H23N3O4. The molecule has 0 atom stereocenters. The number of amides is 2. The first-order valence-electron chi connectivity index (χ1n) is 9.55. The zero-order valence-electron chi connectivity index (χ0n) is 16.3. The van der Waals surface area contributed by atoms with E-state index in [-0.39, 0.29) is 18.4 Å². The summed E-state index contributed by atoms with van der Waals surface area (Å²) in [5, 5.41) is 3.17. The Bertz CT molecular complexity index is 919. The van der Waals surface area contributed by atoms with Gasteiger partial charge in [-0.2, -0.15) is 0 Å². The average Bonchev–Trinajstić information content (AvgIpc) is 3.00. The Morgan fingerprint density at radius 3 is 2.31 bits per heavy atom. The smallest absolute Gasteiger partial charge is 0.279 e. The monoisotopic (exact) mass is 393 g/mol. The van der Waals surface area contributed by atoms with Crippen LogP contribution in [-0.2, 0) is 20.9 Å². The van der Waals surface area contributed by atoms with Gasteiger partial charge in [-0.3, -0.25) is 14.5 Å². The number of para-hydroxylation sites is 1. The lowest BCUT2D eigenvalue weighted by Gasteiger charge is -2.29. The predicted octanol–water partition coefficient (Wildman–Crippen LogP) is 2.22. The molecule has 1 N–H and O–H groups in total. The lowest BCUT2D eigenvalue weighted by molar-refractivity contribution is -0.139. The van der Waals surface area contributed by atoms with Crippen molar-refractivity contribution in [3.05, 3.63) is 71.6 Å². The van der Waals surface area contributed by atoms with Crippen LogP contribution in [-0.4, -0.2) is 55.0 Å².